The lowest BCUT2D eigenvalue weighted by Gasteiger charge is -2.19. The standard InChI is InChI=1S/C29H26ClN5O6S3/c1-18-25(28(38)35(32(18)2)19-8-5-4-6-9-19)33(3)44(40,41)21-11-12-23(30)22(17-21)26(36)31-13-14-34-27(37)24(43-29(34)39)16-20-10-7-15-42-20/h4-12,15-17H,13-14H2,1-3H3,(H,31,36)/b24-16+. The van der Waals surface area contributed by atoms with E-state index in [9.17, 15) is 27.6 Å². The molecule has 0 spiro atoms. The number of nitrogens with zero attached hydrogens (tertiary/aromatic N) is 4. The number of imide groups is 1. The van der Waals surface area contributed by atoms with E-state index in [-0.39, 0.29) is 39.2 Å². The third kappa shape index (κ3) is 5.85. The summed E-state index contributed by atoms with van der Waals surface area (Å²) in [6.45, 7) is 1.47. The summed E-state index contributed by atoms with van der Waals surface area (Å²) < 4.78 is 31.2. The molecule has 3 heterocycles. The molecule has 0 saturated carbocycles. The number of hydrogen-bond donors (Lipinski definition) is 1. The summed E-state index contributed by atoms with van der Waals surface area (Å²) >= 11 is 8.52. The van der Waals surface area contributed by atoms with E-state index in [1.54, 1.807) is 55.1 Å². The Kier molecular flexibility index (Phi) is 8.88. The molecule has 1 N–H and O–H groups in total. The van der Waals surface area contributed by atoms with Crippen LogP contribution in [0.2, 0.25) is 5.02 Å². The van der Waals surface area contributed by atoms with Crippen LogP contribution in [-0.2, 0) is 21.9 Å². The topological polar surface area (TPSA) is 131 Å². The van der Waals surface area contributed by atoms with E-state index < -0.39 is 32.6 Å². The highest BCUT2D eigenvalue weighted by Gasteiger charge is 2.35. The average molecular weight is 672 g/mol. The highest BCUT2D eigenvalue weighted by atomic mass is 35.5. The maximum atomic E-state index is 13.7. The van der Waals surface area contributed by atoms with Gasteiger partial charge in [0, 0.05) is 32.1 Å². The molecule has 3 amide bonds. The SMILES string of the molecule is Cc1c(N(C)S(=O)(=O)c2ccc(Cl)c(C(=O)NCCN3C(=O)S/C(=C/c4cccs4)C3=O)c2)c(=O)n(-c2ccccc2)n1C. The fourth-order valence-corrected chi connectivity index (χ4v) is 7.67. The molecule has 44 heavy (non-hydrogen) atoms. The molecule has 0 bridgehead atoms. The van der Waals surface area contributed by atoms with Gasteiger partial charge in [-0.3, -0.25) is 33.1 Å². The van der Waals surface area contributed by atoms with Gasteiger partial charge in [-0.1, -0.05) is 35.9 Å². The minimum atomic E-state index is -4.31. The molecule has 0 aliphatic carbocycles. The first-order chi connectivity index (χ1) is 20.9. The van der Waals surface area contributed by atoms with Gasteiger partial charge in [0.05, 0.1) is 31.8 Å². The van der Waals surface area contributed by atoms with Crippen molar-refractivity contribution in [3.05, 3.63) is 102 Å². The second-order valence-electron chi connectivity index (χ2n) is 9.63. The molecule has 1 aliphatic rings. The van der Waals surface area contributed by atoms with Crippen molar-refractivity contribution in [2.75, 3.05) is 24.4 Å². The summed E-state index contributed by atoms with van der Waals surface area (Å²) in [6.07, 6.45) is 1.64. The number of halogens is 1. The van der Waals surface area contributed by atoms with Crippen LogP contribution in [0, 0.1) is 6.92 Å². The third-order valence-corrected chi connectivity index (χ3v) is 10.8. The molecule has 228 valence electrons. The highest BCUT2D eigenvalue weighted by molar-refractivity contribution is 8.18. The van der Waals surface area contributed by atoms with Crippen LogP contribution in [0.15, 0.2) is 80.6 Å². The molecule has 15 heteroatoms. The second-order valence-corrected chi connectivity index (χ2v) is 14.0. The summed E-state index contributed by atoms with van der Waals surface area (Å²) in [5.74, 6) is -1.16. The zero-order valence-corrected chi connectivity index (χ0v) is 26.9. The van der Waals surface area contributed by atoms with E-state index in [4.69, 9.17) is 11.6 Å². The average Bonchev–Trinajstić information content (AvgIpc) is 3.66. The minimum Gasteiger partial charge on any atom is -0.350 e. The van der Waals surface area contributed by atoms with Crippen LogP contribution in [0.1, 0.15) is 20.9 Å². The number of para-hydroxylation sites is 1. The van der Waals surface area contributed by atoms with Crippen molar-refractivity contribution in [2.45, 2.75) is 11.8 Å². The second kappa shape index (κ2) is 12.5. The first kappa shape index (κ1) is 31.3. The zero-order chi connectivity index (χ0) is 31.8. The normalized spacial score (nSPS) is 14.5. The monoisotopic (exact) mass is 671 g/mol. The Morgan fingerprint density at radius 2 is 1.80 bits per heavy atom. The van der Waals surface area contributed by atoms with Crippen molar-refractivity contribution in [1.82, 2.24) is 19.6 Å². The molecule has 0 radical (unpaired) electrons. The van der Waals surface area contributed by atoms with Gasteiger partial charge in [0.2, 0.25) is 0 Å². The van der Waals surface area contributed by atoms with E-state index in [1.165, 1.54) is 35.2 Å². The minimum absolute atomic E-state index is 0.00326. The van der Waals surface area contributed by atoms with Gasteiger partial charge in [-0.15, -0.1) is 11.3 Å². The Morgan fingerprint density at radius 1 is 1.07 bits per heavy atom. The van der Waals surface area contributed by atoms with Crippen LogP contribution in [-0.4, -0.2) is 59.9 Å². The lowest BCUT2D eigenvalue weighted by molar-refractivity contribution is -0.122. The fourth-order valence-electron chi connectivity index (χ4n) is 4.61. The third-order valence-electron chi connectivity index (χ3n) is 6.99. The van der Waals surface area contributed by atoms with Gasteiger partial charge in [0.1, 0.15) is 5.69 Å². The Balaban J connectivity index is 1.33. The summed E-state index contributed by atoms with van der Waals surface area (Å²) in [5.41, 5.74) is 0.263. The van der Waals surface area contributed by atoms with Crippen LogP contribution in [0.25, 0.3) is 11.8 Å². The molecule has 1 aliphatic heterocycles. The molecule has 4 aromatic rings. The molecule has 0 atom stereocenters. The van der Waals surface area contributed by atoms with Gasteiger partial charge in [0.25, 0.3) is 32.6 Å². The van der Waals surface area contributed by atoms with Gasteiger partial charge in [0.15, 0.2) is 0 Å². The van der Waals surface area contributed by atoms with Crippen LogP contribution >= 0.6 is 34.7 Å². The number of anilines is 1. The summed E-state index contributed by atoms with van der Waals surface area (Å²) in [6, 6.07) is 16.1. The Hall–Kier alpha value is -4.11. The first-order valence-corrected chi connectivity index (χ1v) is 16.6. The molecule has 0 unspecified atom stereocenters. The molecule has 2 aromatic carbocycles. The molecule has 5 rings (SSSR count). The lowest BCUT2D eigenvalue weighted by atomic mass is 10.2. The van der Waals surface area contributed by atoms with Gasteiger partial charge in [-0.2, -0.15) is 0 Å². The quantitative estimate of drug-likeness (QED) is 0.260. The van der Waals surface area contributed by atoms with Crippen LogP contribution in [0.4, 0.5) is 10.5 Å². The summed E-state index contributed by atoms with van der Waals surface area (Å²) in [7, 11) is -1.39. The Labute approximate surface area is 266 Å². The van der Waals surface area contributed by atoms with Crippen molar-refractivity contribution >= 4 is 73.5 Å². The van der Waals surface area contributed by atoms with E-state index in [0.29, 0.717) is 11.4 Å². The predicted octanol–water partition coefficient (Wildman–Crippen LogP) is 4.49. The lowest BCUT2D eigenvalue weighted by Crippen LogP contribution is -2.37. The van der Waals surface area contributed by atoms with Crippen LogP contribution in [0.3, 0.4) is 0 Å². The van der Waals surface area contributed by atoms with Crippen molar-refractivity contribution in [2.24, 2.45) is 7.05 Å². The van der Waals surface area contributed by atoms with Crippen LogP contribution < -0.4 is 15.2 Å². The molecular formula is C29H26ClN5O6S3. The fraction of sp³-hybridized carbons (Fsp3) is 0.172. The summed E-state index contributed by atoms with van der Waals surface area (Å²) in [5, 5.41) is 4.00. The number of carbonyl (C=O) groups is 3. The number of sulfonamides is 1. The number of thiophene rings is 1. The number of rotatable bonds is 9. The molecule has 2 aromatic heterocycles. The molecular weight excluding hydrogens is 646 g/mol. The maximum absolute atomic E-state index is 13.7. The molecule has 1 fully saturated rings. The van der Waals surface area contributed by atoms with Crippen molar-refractivity contribution < 1.29 is 22.8 Å². The van der Waals surface area contributed by atoms with Gasteiger partial charge in [-0.05, 0) is 66.5 Å². The number of aromatic nitrogens is 2. The smallest absolute Gasteiger partial charge is 0.296 e. The number of thioether (sulfide) groups is 1. The number of nitrogens with one attached hydrogen (secondary N) is 1. The van der Waals surface area contributed by atoms with E-state index in [0.717, 1.165) is 31.9 Å². The van der Waals surface area contributed by atoms with Gasteiger partial charge in [-0.25, -0.2) is 13.1 Å². The highest BCUT2D eigenvalue weighted by Crippen LogP contribution is 2.33. The van der Waals surface area contributed by atoms with Gasteiger partial charge >= 0.3 is 0 Å². The maximum Gasteiger partial charge on any atom is 0.296 e. The Bertz CT molecular complexity index is 1970. The van der Waals surface area contributed by atoms with E-state index in [1.807, 2.05) is 17.5 Å². The largest absolute Gasteiger partial charge is 0.350 e. The van der Waals surface area contributed by atoms with Gasteiger partial charge < -0.3 is 5.32 Å². The van der Waals surface area contributed by atoms with Crippen molar-refractivity contribution in [3.63, 3.8) is 0 Å². The van der Waals surface area contributed by atoms with Crippen LogP contribution in [0.5, 0.6) is 0 Å². The van der Waals surface area contributed by atoms with Crippen molar-refractivity contribution in [1.29, 1.82) is 0 Å². The van der Waals surface area contributed by atoms with E-state index in [2.05, 4.69) is 5.32 Å². The number of benzene rings is 2. The van der Waals surface area contributed by atoms with E-state index >= 15 is 0 Å². The van der Waals surface area contributed by atoms with Crippen molar-refractivity contribution in [3.8, 4) is 5.69 Å². The zero-order valence-electron chi connectivity index (χ0n) is 23.7. The number of hydrogen-bond acceptors (Lipinski definition) is 8. The number of carbonyl (C=O) groups excluding carboxylic acids is 3. The number of amides is 3. The summed E-state index contributed by atoms with van der Waals surface area (Å²) in [4.78, 5) is 53.5. The predicted molar refractivity (Wildman–Crippen MR) is 172 cm³/mol. The first-order valence-electron chi connectivity index (χ1n) is 13.1. The Morgan fingerprint density at radius 3 is 2.48 bits per heavy atom. The molecule has 11 nitrogen and oxygen atoms in total. The molecule has 1 saturated heterocycles.